The van der Waals surface area contributed by atoms with Gasteiger partial charge in [-0.05, 0) is 6.07 Å². The van der Waals surface area contributed by atoms with E-state index >= 15 is 0 Å². The van der Waals surface area contributed by atoms with Gasteiger partial charge in [0.25, 0.3) is 0 Å². The number of para-hydroxylation sites is 1. The fourth-order valence-electron chi connectivity index (χ4n) is 1.96. The zero-order chi connectivity index (χ0) is 11.7. The molecule has 0 saturated heterocycles. The van der Waals surface area contributed by atoms with Crippen LogP contribution in [0.2, 0.25) is 0 Å². The van der Waals surface area contributed by atoms with Gasteiger partial charge in [0, 0.05) is 12.5 Å². The van der Waals surface area contributed by atoms with Crippen LogP contribution < -0.4 is 10.1 Å². The maximum atomic E-state index is 5.58. The Kier molecular flexibility index (Phi) is 2.53. The molecule has 0 spiro atoms. The van der Waals surface area contributed by atoms with Crippen molar-refractivity contribution < 1.29 is 9.26 Å². The summed E-state index contributed by atoms with van der Waals surface area (Å²) in [6.07, 6.45) is 0. The summed E-state index contributed by atoms with van der Waals surface area (Å²) >= 11 is 0. The molecular formula is C12H13N3O2. The summed E-state index contributed by atoms with van der Waals surface area (Å²) in [5.41, 5.74) is 1.19. The molecular weight excluding hydrogens is 218 g/mol. The Morgan fingerprint density at radius 1 is 1.41 bits per heavy atom. The Morgan fingerprint density at radius 3 is 3.12 bits per heavy atom. The minimum absolute atomic E-state index is 0.199. The molecule has 1 atom stereocenters. The normalized spacial score (nSPS) is 17.8. The number of nitrogens with one attached hydrogen (secondary N) is 1. The van der Waals surface area contributed by atoms with Gasteiger partial charge in [0.05, 0.1) is 12.6 Å². The maximum absolute atomic E-state index is 5.58. The van der Waals surface area contributed by atoms with E-state index in [1.807, 2.05) is 18.2 Å². The first kappa shape index (κ1) is 10.3. The van der Waals surface area contributed by atoms with Gasteiger partial charge >= 0.3 is 0 Å². The second kappa shape index (κ2) is 4.18. The van der Waals surface area contributed by atoms with Gasteiger partial charge in [-0.2, -0.15) is 4.98 Å². The van der Waals surface area contributed by atoms with Gasteiger partial charge in [-0.25, -0.2) is 0 Å². The Bertz CT molecular complexity index is 524. The number of hydrogen-bond acceptors (Lipinski definition) is 5. The Balaban J connectivity index is 1.68. The number of aromatic nitrogens is 2. The molecule has 3 rings (SSSR count). The van der Waals surface area contributed by atoms with E-state index in [4.69, 9.17) is 9.26 Å². The van der Waals surface area contributed by atoms with Crippen LogP contribution >= 0.6 is 0 Å². The minimum Gasteiger partial charge on any atom is -0.491 e. The van der Waals surface area contributed by atoms with Gasteiger partial charge < -0.3 is 9.26 Å². The van der Waals surface area contributed by atoms with E-state index in [1.165, 1.54) is 5.56 Å². The molecule has 1 aromatic carbocycles. The largest absolute Gasteiger partial charge is 0.491 e. The fourth-order valence-corrected chi connectivity index (χ4v) is 1.96. The van der Waals surface area contributed by atoms with Crippen LogP contribution in [-0.4, -0.2) is 16.7 Å². The van der Waals surface area contributed by atoms with E-state index in [0.29, 0.717) is 24.9 Å². The standard InChI is InChI=1S/C12H13N3O2/c1-8-14-12(15-17-8)6-13-10-7-16-11-5-3-2-4-9(10)11/h2-5,10,13H,6-7H2,1H3. The summed E-state index contributed by atoms with van der Waals surface area (Å²) in [7, 11) is 0. The van der Waals surface area contributed by atoms with Gasteiger partial charge in [0.1, 0.15) is 12.4 Å². The van der Waals surface area contributed by atoms with Crippen LogP contribution in [0.5, 0.6) is 5.75 Å². The summed E-state index contributed by atoms with van der Waals surface area (Å²) in [6.45, 7) is 3.01. The molecule has 0 fully saturated rings. The van der Waals surface area contributed by atoms with Gasteiger partial charge in [-0.15, -0.1) is 0 Å². The highest BCUT2D eigenvalue weighted by Gasteiger charge is 2.23. The van der Waals surface area contributed by atoms with Crippen molar-refractivity contribution in [3.8, 4) is 5.75 Å². The van der Waals surface area contributed by atoms with Gasteiger partial charge in [0.15, 0.2) is 5.82 Å². The van der Waals surface area contributed by atoms with E-state index in [0.717, 1.165) is 5.75 Å². The van der Waals surface area contributed by atoms with Crippen molar-refractivity contribution in [1.29, 1.82) is 0 Å². The third-order valence-electron chi connectivity index (χ3n) is 2.78. The molecule has 5 nitrogen and oxygen atoms in total. The number of ether oxygens (including phenoxy) is 1. The van der Waals surface area contributed by atoms with Gasteiger partial charge in [-0.1, -0.05) is 23.4 Å². The molecule has 0 amide bonds. The molecule has 1 aromatic heterocycles. The molecule has 1 aliphatic heterocycles. The number of fused-ring (bicyclic) bond motifs is 1. The predicted molar refractivity (Wildman–Crippen MR) is 60.6 cm³/mol. The highest BCUT2D eigenvalue weighted by molar-refractivity contribution is 5.39. The van der Waals surface area contributed by atoms with Gasteiger partial charge in [-0.3, -0.25) is 5.32 Å². The highest BCUT2D eigenvalue weighted by atomic mass is 16.5. The van der Waals surface area contributed by atoms with Crippen LogP contribution in [0.15, 0.2) is 28.8 Å². The molecule has 2 heterocycles. The van der Waals surface area contributed by atoms with E-state index in [1.54, 1.807) is 6.92 Å². The lowest BCUT2D eigenvalue weighted by atomic mass is 10.1. The summed E-state index contributed by atoms with van der Waals surface area (Å²) in [4.78, 5) is 4.15. The number of rotatable bonds is 3. The average molecular weight is 231 g/mol. The van der Waals surface area contributed by atoms with Crippen LogP contribution in [0.4, 0.5) is 0 Å². The van der Waals surface area contributed by atoms with Crippen molar-refractivity contribution in [1.82, 2.24) is 15.5 Å². The summed E-state index contributed by atoms with van der Waals surface area (Å²) in [5, 5.41) is 7.20. The zero-order valence-electron chi connectivity index (χ0n) is 9.51. The third-order valence-corrected chi connectivity index (χ3v) is 2.78. The topological polar surface area (TPSA) is 60.2 Å². The molecule has 88 valence electrons. The van der Waals surface area contributed by atoms with Crippen molar-refractivity contribution >= 4 is 0 Å². The lowest BCUT2D eigenvalue weighted by Crippen LogP contribution is -2.22. The van der Waals surface area contributed by atoms with E-state index in [-0.39, 0.29) is 6.04 Å². The smallest absolute Gasteiger partial charge is 0.223 e. The zero-order valence-corrected chi connectivity index (χ0v) is 9.51. The van der Waals surface area contributed by atoms with Crippen LogP contribution in [0.1, 0.15) is 23.3 Å². The summed E-state index contributed by atoms with van der Waals surface area (Å²) < 4.78 is 10.5. The third kappa shape index (κ3) is 2.01. The SMILES string of the molecule is Cc1nc(CNC2COc3ccccc32)no1. The van der Waals surface area contributed by atoms with Crippen molar-refractivity contribution in [3.63, 3.8) is 0 Å². The Morgan fingerprint density at radius 2 is 2.29 bits per heavy atom. The summed E-state index contributed by atoms with van der Waals surface area (Å²) in [6, 6.07) is 8.24. The summed E-state index contributed by atoms with van der Waals surface area (Å²) in [5.74, 6) is 2.21. The molecule has 2 aromatic rings. The Hall–Kier alpha value is -1.88. The van der Waals surface area contributed by atoms with Crippen LogP contribution in [0.3, 0.4) is 0 Å². The van der Waals surface area contributed by atoms with Crippen LogP contribution in [-0.2, 0) is 6.54 Å². The monoisotopic (exact) mass is 231 g/mol. The minimum atomic E-state index is 0.199. The number of nitrogens with zero attached hydrogens (tertiary/aromatic N) is 2. The molecule has 5 heteroatoms. The first-order valence-corrected chi connectivity index (χ1v) is 5.57. The van der Waals surface area contributed by atoms with Crippen molar-refractivity contribution in [3.05, 3.63) is 41.5 Å². The lowest BCUT2D eigenvalue weighted by Gasteiger charge is -2.08. The van der Waals surface area contributed by atoms with Crippen LogP contribution in [0.25, 0.3) is 0 Å². The second-order valence-electron chi connectivity index (χ2n) is 4.01. The van der Waals surface area contributed by atoms with E-state index in [2.05, 4.69) is 21.5 Å². The molecule has 17 heavy (non-hydrogen) atoms. The van der Waals surface area contributed by atoms with E-state index < -0.39 is 0 Å². The van der Waals surface area contributed by atoms with Crippen molar-refractivity contribution in [2.45, 2.75) is 19.5 Å². The van der Waals surface area contributed by atoms with Gasteiger partial charge in [0.2, 0.25) is 5.89 Å². The first-order valence-electron chi connectivity index (χ1n) is 5.57. The molecule has 0 saturated carbocycles. The molecule has 0 aliphatic carbocycles. The molecule has 0 radical (unpaired) electrons. The lowest BCUT2D eigenvalue weighted by molar-refractivity contribution is 0.308. The molecule has 1 unspecified atom stereocenters. The molecule has 1 aliphatic rings. The maximum Gasteiger partial charge on any atom is 0.223 e. The first-order chi connectivity index (χ1) is 8.33. The number of benzene rings is 1. The van der Waals surface area contributed by atoms with E-state index in [9.17, 15) is 0 Å². The second-order valence-corrected chi connectivity index (χ2v) is 4.01. The number of aryl methyl sites for hydroxylation is 1. The average Bonchev–Trinajstić information content (AvgIpc) is 2.93. The Labute approximate surface area is 98.8 Å². The van der Waals surface area contributed by atoms with Crippen molar-refractivity contribution in [2.24, 2.45) is 0 Å². The number of hydrogen-bond donors (Lipinski definition) is 1. The quantitative estimate of drug-likeness (QED) is 0.869. The predicted octanol–water partition coefficient (Wildman–Crippen LogP) is 1.60. The fraction of sp³-hybridized carbons (Fsp3) is 0.333. The molecule has 1 N–H and O–H groups in total. The highest BCUT2D eigenvalue weighted by Crippen LogP contribution is 2.31. The molecule has 0 bridgehead atoms. The van der Waals surface area contributed by atoms with Crippen LogP contribution in [0, 0.1) is 6.92 Å². The van der Waals surface area contributed by atoms with Crippen molar-refractivity contribution in [2.75, 3.05) is 6.61 Å².